The highest BCUT2D eigenvalue weighted by Gasteiger charge is 2.41. The minimum atomic E-state index is -5.15. The van der Waals surface area contributed by atoms with Crippen molar-refractivity contribution in [2.24, 2.45) is 0 Å². The molecule has 1 aromatic carbocycles. The number of esters is 1. The molecule has 8 heteroatoms. The molecule has 1 N–H and O–H groups in total. The van der Waals surface area contributed by atoms with E-state index in [1.54, 1.807) is 25.1 Å². The molecule has 1 rings (SSSR count). The number of carbonyl (C=O) groups is 3. The van der Waals surface area contributed by atoms with Crippen LogP contribution in [0.2, 0.25) is 0 Å². The van der Waals surface area contributed by atoms with Crippen LogP contribution in [0, 0.1) is 6.92 Å². The Labute approximate surface area is 124 Å². The maximum Gasteiger partial charge on any atom is 0.471 e. The Morgan fingerprint density at radius 2 is 1.82 bits per heavy atom. The van der Waals surface area contributed by atoms with Gasteiger partial charge in [-0.25, -0.2) is 4.79 Å². The number of carbonyl (C=O) groups excluding carboxylic acids is 3. The molecule has 0 heterocycles. The molecule has 0 aliphatic rings. The van der Waals surface area contributed by atoms with E-state index in [2.05, 4.69) is 4.74 Å². The highest BCUT2D eigenvalue weighted by Crippen LogP contribution is 2.16. The molecule has 0 unspecified atom stereocenters. The first kappa shape index (κ1) is 17.7. The topological polar surface area (TPSA) is 72.5 Å². The molecule has 0 aliphatic carbocycles. The van der Waals surface area contributed by atoms with Gasteiger partial charge in [-0.2, -0.15) is 13.2 Å². The van der Waals surface area contributed by atoms with Gasteiger partial charge < -0.3 is 10.1 Å². The van der Waals surface area contributed by atoms with Gasteiger partial charge in [0, 0.05) is 12.0 Å². The third-order valence-corrected chi connectivity index (χ3v) is 2.88. The van der Waals surface area contributed by atoms with E-state index in [1.165, 1.54) is 11.4 Å². The van der Waals surface area contributed by atoms with Crippen LogP contribution in [-0.2, 0) is 14.3 Å². The predicted octanol–water partition coefficient (Wildman–Crippen LogP) is 1.79. The summed E-state index contributed by atoms with van der Waals surface area (Å²) < 4.78 is 41.1. The largest absolute Gasteiger partial charge is 0.471 e. The number of amides is 1. The summed E-state index contributed by atoms with van der Waals surface area (Å²) in [4.78, 5) is 34.5. The summed E-state index contributed by atoms with van der Waals surface area (Å²) in [6.45, 7) is 1.65. The second-order valence-electron chi connectivity index (χ2n) is 4.49. The predicted molar refractivity (Wildman–Crippen MR) is 70.1 cm³/mol. The minimum Gasteiger partial charge on any atom is -0.467 e. The monoisotopic (exact) mass is 317 g/mol. The minimum absolute atomic E-state index is 0.262. The van der Waals surface area contributed by atoms with Crippen LogP contribution >= 0.6 is 0 Å². The van der Waals surface area contributed by atoms with Crippen LogP contribution in [0.15, 0.2) is 24.3 Å². The summed E-state index contributed by atoms with van der Waals surface area (Å²) in [6, 6.07) is 4.70. The second kappa shape index (κ2) is 7.06. The first-order valence-electron chi connectivity index (χ1n) is 6.21. The van der Waals surface area contributed by atoms with E-state index in [4.69, 9.17) is 0 Å². The number of hydrogen-bond donors (Lipinski definition) is 1. The lowest BCUT2D eigenvalue weighted by Gasteiger charge is -2.17. The van der Waals surface area contributed by atoms with Crippen LogP contribution in [-0.4, -0.2) is 37.0 Å². The number of ketones is 1. The zero-order valence-corrected chi connectivity index (χ0v) is 11.9. The quantitative estimate of drug-likeness (QED) is 0.664. The average Bonchev–Trinajstić information content (AvgIpc) is 2.44. The van der Waals surface area contributed by atoms with E-state index >= 15 is 0 Å². The number of rotatable bonds is 5. The number of alkyl halides is 3. The number of methoxy groups -OCH3 is 1. The molecule has 5 nitrogen and oxygen atoms in total. The first-order chi connectivity index (χ1) is 10.2. The lowest BCUT2D eigenvalue weighted by Crippen LogP contribution is -2.48. The van der Waals surface area contributed by atoms with Crippen LogP contribution < -0.4 is 5.32 Å². The molecule has 120 valence electrons. The Bertz CT molecular complexity index is 584. The Morgan fingerprint density at radius 1 is 1.23 bits per heavy atom. The molecule has 0 aliphatic heterocycles. The molecule has 0 bridgehead atoms. The van der Waals surface area contributed by atoms with Crippen LogP contribution in [0.25, 0.3) is 0 Å². The Hall–Kier alpha value is -2.38. The van der Waals surface area contributed by atoms with Crippen molar-refractivity contribution in [1.82, 2.24) is 5.32 Å². The lowest BCUT2D eigenvalue weighted by atomic mass is 9.99. The summed E-state index contributed by atoms with van der Waals surface area (Å²) in [5.41, 5.74) is 0.871. The zero-order valence-electron chi connectivity index (χ0n) is 11.9. The molecule has 0 fully saturated rings. The molecule has 0 spiro atoms. The van der Waals surface area contributed by atoms with Gasteiger partial charge in [0.05, 0.1) is 7.11 Å². The molecule has 0 radical (unpaired) electrons. The molecule has 0 saturated carbocycles. The first-order valence-corrected chi connectivity index (χ1v) is 6.21. The van der Waals surface area contributed by atoms with Gasteiger partial charge in [-0.15, -0.1) is 0 Å². The van der Waals surface area contributed by atoms with Crippen molar-refractivity contribution in [3.8, 4) is 0 Å². The summed E-state index contributed by atoms with van der Waals surface area (Å²) in [6.07, 6.45) is -5.78. The van der Waals surface area contributed by atoms with E-state index in [9.17, 15) is 27.6 Å². The summed E-state index contributed by atoms with van der Waals surface area (Å²) in [7, 11) is 0.952. The normalized spacial score (nSPS) is 12.4. The van der Waals surface area contributed by atoms with Crippen LogP contribution in [0.3, 0.4) is 0 Å². The van der Waals surface area contributed by atoms with Gasteiger partial charge in [-0.05, 0) is 12.5 Å². The van der Waals surface area contributed by atoms with Crippen LogP contribution in [0.5, 0.6) is 0 Å². The Kier molecular flexibility index (Phi) is 5.67. The average molecular weight is 317 g/mol. The Balaban J connectivity index is 2.91. The van der Waals surface area contributed by atoms with Crippen molar-refractivity contribution in [3.63, 3.8) is 0 Å². The number of Topliss-reactive ketones (excluding diaryl/α,β-unsaturated/α-hetero) is 1. The molecule has 0 saturated heterocycles. The molecule has 1 aromatic rings. The number of nitrogens with one attached hydrogen (secondary N) is 1. The lowest BCUT2D eigenvalue weighted by molar-refractivity contribution is -0.175. The van der Waals surface area contributed by atoms with E-state index in [0.29, 0.717) is 5.56 Å². The maximum absolute atomic E-state index is 12.3. The molecule has 22 heavy (non-hydrogen) atoms. The number of benzene rings is 1. The summed E-state index contributed by atoms with van der Waals surface area (Å²) in [5, 5.41) is 1.47. The van der Waals surface area contributed by atoms with Gasteiger partial charge >= 0.3 is 18.1 Å². The van der Waals surface area contributed by atoms with E-state index < -0.39 is 36.3 Å². The van der Waals surface area contributed by atoms with Crippen molar-refractivity contribution >= 4 is 17.7 Å². The molecular weight excluding hydrogens is 303 g/mol. The third-order valence-electron chi connectivity index (χ3n) is 2.88. The van der Waals surface area contributed by atoms with Gasteiger partial charge in [0.15, 0.2) is 5.78 Å². The van der Waals surface area contributed by atoms with Crippen molar-refractivity contribution in [2.75, 3.05) is 7.11 Å². The van der Waals surface area contributed by atoms with Crippen molar-refractivity contribution in [2.45, 2.75) is 25.6 Å². The fraction of sp³-hybridized carbons (Fsp3) is 0.357. The Morgan fingerprint density at radius 3 is 2.32 bits per heavy atom. The molecule has 1 amide bonds. The molecule has 1 atom stereocenters. The third kappa shape index (κ3) is 4.57. The highest BCUT2D eigenvalue weighted by molar-refractivity contribution is 6.01. The summed E-state index contributed by atoms with van der Waals surface area (Å²) >= 11 is 0. The van der Waals surface area contributed by atoms with Gasteiger partial charge in [0.25, 0.3) is 0 Å². The maximum atomic E-state index is 12.3. The number of halogens is 3. The molecule has 0 aromatic heterocycles. The van der Waals surface area contributed by atoms with Crippen LogP contribution in [0.4, 0.5) is 13.2 Å². The van der Waals surface area contributed by atoms with E-state index in [-0.39, 0.29) is 5.56 Å². The zero-order chi connectivity index (χ0) is 16.9. The van der Waals surface area contributed by atoms with Gasteiger partial charge in [-0.1, -0.05) is 24.3 Å². The number of ether oxygens (including phenoxy) is 1. The fourth-order valence-corrected chi connectivity index (χ4v) is 1.76. The second-order valence-corrected chi connectivity index (χ2v) is 4.49. The van der Waals surface area contributed by atoms with E-state index in [1.807, 2.05) is 0 Å². The van der Waals surface area contributed by atoms with Crippen molar-refractivity contribution in [3.05, 3.63) is 35.4 Å². The molecular formula is C14H14F3NO4. The SMILES string of the molecule is COC(=O)[C@@H](CC(=O)c1ccccc1C)NC(=O)C(F)(F)F. The van der Waals surface area contributed by atoms with Crippen molar-refractivity contribution in [1.29, 1.82) is 0 Å². The highest BCUT2D eigenvalue weighted by atomic mass is 19.4. The van der Waals surface area contributed by atoms with Crippen LogP contribution in [0.1, 0.15) is 22.3 Å². The summed E-state index contributed by atoms with van der Waals surface area (Å²) in [5.74, 6) is -4.00. The number of hydrogen-bond acceptors (Lipinski definition) is 4. The van der Waals surface area contributed by atoms with E-state index in [0.717, 1.165) is 7.11 Å². The van der Waals surface area contributed by atoms with Gasteiger partial charge in [0.2, 0.25) is 0 Å². The standard InChI is InChI=1S/C14H14F3NO4/c1-8-5-3-4-6-9(8)11(19)7-10(12(20)22-2)18-13(21)14(15,16)17/h3-6,10H,7H2,1-2H3,(H,18,21)/t10-/m1/s1. The number of aryl methyl sites for hydroxylation is 1. The van der Waals surface area contributed by atoms with Gasteiger partial charge in [0.1, 0.15) is 6.04 Å². The smallest absolute Gasteiger partial charge is 0.467 e. The van der Waals surface area contributed by atoms with Gasteiger partial charge in [-0.3, -0.25) is 9.59 Å². The fourth-order valence-electron chi connectivity index (χ4n) is 1.76. The van der Waals surface area contributed by atoms with Crippen molar-refractivity contribution < 1.29 is 32.3 Å².